The molecule has 3 aromatic carbocycles. The summed E-state index contributed by atoms with van der Waals surface area (Å²) in [6, 6.07) is 0. The molecule has 0 aromatic heterocycles. The van der Waals surface area contributed by atoms with Crippen molar-refractivity contribution in [1.29, 1.82) is 0 Å². The molecule has 0 heterocycles. The van der Waals surface area contributed by atoms with Crippen LogP contribution in [0.2, 0.25) is 0 Å². The summed E-state index contributed by atoms with van der Waals surface area (Å²) in [5, 5.41) is 114. The van der Waals surface area contributed by atoms with E-state index in [9.17, 15) is 119 Å². The van der Waals surface area contributed by atoms with Gasteiger partial charge in [-0.3, -0.25) is 0 Å². The largest absolute Gasteiger partial charge is 0.478 e. The van der Waals surface area contributed by atoms with Crippen LogP contribution in [0.1, 0.15) is 324 Å². The molecule has 3 aromatic rings. The highest BCUT2D eigenvalue weighted by atomic mass is 16.6. The Labute approximate surface area is 547 Å². The molecule has 0 fully saturated rings. The predicted octanol–water partition coefficient (Wildman–Crippen LogP) is 8.65. The van der Waals surface area contributed by atoms with Crippen LogP contribution in [0.25, 0.3) is 0 Å². The Kier molecular flexibility index (Phi) is 29.3. The second-order valence-corrected chi connectivity index (χ2v) is 21.6. The second-order valence-electron chi connectivity index (χ2n) is 21.6. The molecule has 34 nitrogen and oxygen atoms in total. The molecule has 524 valence electrons. The molecule has 0 aliphatic heterocycles. The number of rotatable bonds is 39. The minimum atomic E-state index is -2.99. The molecule has 0 aliphatic rings. The fourth-order valence-electron chi connectivity index (χ4n) is 10.8. The SMILES string of the molecule is CCCCC(CCC)COC(=O)c1c(C(=O)O)c(C(=O)OC(=O)c2c(C(=O)O)c(C(=O)O)c(C(=O)O)c(C(=O)O)c2C(=O)O)c(C(=O)OC(=O)c2c(C(=O)O)c(C(=O)O)c(C(=O)O)c(C(=O)O)c2C(=O)O)c(C(=O)OCC(CCC)CCCC)c1C(=O)OCC(CCC)CCCC. The number of esters is 7. The number of hydrogen-bond acceptors (Lipinski definition) is 23. The number of carbonyl (C=O) groups excluding carboxylic acids is 7. The zero-order chi connectivity index (χ0) is 73.8. The normalized spacial score (nSPS) is 11.8. The van der Waals surface area contributed by atoms with Crippen LogP contribution in [0, 0.1) is 17.8 Å². The average Bonchev–Trinajstić information content (AvgIpc) is 0.743. The standard InChI is InChI=1S/C63H68O34/c1-7-13-19-25(16-10-4)22-93-57(86)41-38(56(84)85)42(62(91)96-60(89)39-34(52(76)77)30(48(68)69)28(46(64)65)31(49(70)71)35(39)53(78)79)45(44(59(88)95-24-27(18-12-6)21-15-9-3)43(41)58(87)94-23-26(17-11-5)20-14-8-2)63(92)97-61(90)40-36(54(80)81)32(50(72)73)29(47(66)67)33(51(74)75)37(40)55(82)83/h25-27H,7-24H2,1-6H3,(H,64,65)(H,66,67)(H,68,69)(H,70,71)(H,72,73)(H,74,75)(H,76,77)(H,78,79)(H,80,81)(H,82,83)(H,84,85). The number of benzene rings is 3. The van der Waals surface area contributed by atoms with Crippen LogP contribution < -0.4 is 0 Å². The van der Waals surface area contributed by atoms with Gasteiger partial charge in [0.1, 0.15) is 0 Å². The van der Waals surface area contributed by atoms with E-state index in [2.05, 4.69) is 0 Å². The lowest BCUT2D eigenvalue weighted by Crippen LogP contribution is -2.34. The average molecular weight is 1370 g/mol. The number of hydrogen-bond donors (Lipinski definition) is 11. The summed E-state index contributed by atoms with van der Waals surface area (Å²) in [4.78, 5) is 249. The Morgan fingerprint density at radius 2 is 0.361 bits per heavy atom. The molecule has 0 spiro atoms. The van der Waals surface area contributed by atoms with Gasteiger partial charge in [-0.05, 0) is 56.3 Å². The van der Waals surface area contributed by atoms with Gasteiger partial charge in [-0.25, -0.2) is 86.3 Å². The van der Waals surface area contributed by atoms with E-state index in [1.165, 1.54) is 0 Å². The molecule has 3 atom stereocenters. The number of carboxylic acids is 11. The molecular formula is C63H68O34. The van der Waals surface area contributed by atoms with Crippen LogP contribution in [0.4, 0.5) is 0 Å². The van der Waals surface area contributed by atoms with Crippen LogP contribution in [0.5, 0.6) is 0 Å². The maximum Gasteiger partial charge on any atom is 0.347 e. The smallest absolute Gasteiger partial charge is 0.347 e. The van der Waals surface area contributed by atoms with Crippen molar-refractivity contribution >= 4 is 107 Å². The van der Waals surface area contributed by atoms with Gasteiger partial charge in [0.25, 0.3) is 0 Å². The molecule has 0 aliphatic carbocycles. The van der Waals surface area contributed by atoms with Gasteiger partial charge in [-0.15, -0.1) is 0 Å². The Morgan fingerprint density at radius 1 is 0.216 bits per heavy atom. The number of carboxylic acid groups (broad SMARTS) is 11. The van der Waals surface area contributed by atoms with Gasteiger partial charge in [0.2, 0.25) is 0 Å². The number of unbranched alkanes of at least 4 members (excludes halogenated alkanes) is 3. The maximum absolute atomic E-state index is 15.5. The van der Waals surface area contributed by atoms with Crippen LogP contribution in [-0.4, -0.2) is 183 Å². The Balaban J connectivity index is 3.08. The Bertz CT molecular complexity index is 3660. The van der Waals surface area contributed by atoms with Crippen molar-refractivity contribution in [3.63, 3.8) is 0 Å². The molecular weight excluding hydrogens is 1300 g/mol. The van der Waals surface area contributed by atoms with Crippen molar-refractivity contribution in [2.75, 3.05) is 19.8 Å². The summed E-state index contributed by atoms with van der Waals surface area (Å²) in [6.45, 7) is 8.14. The lowest BCUT2D eigenvalue weighted by atomic mass is 9.85. The van der Waals surface area contributed by atoms with E-state index < -0.39 is 245 Å². The molecule has 11 N–H and O–H groups in total. The summed E-state index contributed by atoms with van der Waals surface area (Å²) < 4.78 is 26.5. The monoisotopic (exact) mass is 1370 g/mol. The summed E-state index contributed by atoms with van der Waals surface area (Å²) in [7, 11) is 0. The first kappa shape index (κ1) is 79.8. The maximum atomic E-state index is 15.5. The molecule has 34 heteroatoms. The van der Waals surface area contributed by atoms with Crippen LogP contribution >= 0.6 is 0 Å². The minimum Gasteiger partial charge on any atom is -0.478 e. The zero-order valence-corrected chi connectivity index (χ0v) is 52.8. The quantitative estimate of drug-likeness (QED) is 0.0144. The molecule has 3 unspecified atom stereocenters. The first-order valence-electron chi connectivity index (χ1n) is 29.8. The van der Waals surface area contributed by atoms with Gasteiger partial charge in [-0.1, -0.05) is 99.3 Å². The number of aromatic carboxylic acids is 11. The first-order valence-corrected chi connectivity index (χ1v) is 29.8. The van der Waals surface area contributed by atoms with Crippen molar-refractivity contribution < 1.29 is 166 Å². The van der Waals surface area contributed by atoms with Gasteiger partial charge < -0.3 is 79.9 Å². The van der Waals surface area contributed by atoms with E-state index in [-0.39, 0.29) is 38.5 Å². The predicted molar refractivity (Wildman–Crippen MR) is 320 cm³/mol. The Hall–Kier alpha value is -11.5. The molecule has 0 bridgehead atoms. The summed E-state index contributed by atoms with van der Waals surface area (Å²) in [5.41, 5.74) is -39.8. The Morgan fingerprint density at radius 3 is 0.536 bits per heavy atom. The van der Waals surface area contributed by atoms with E-state index in [1.807, 2.05) is 0 Å². The highest BCUT2D eigenvalue weighted by Crippen LogP contribution is 2.38. The van der Waals surface area contributed by atoms with E-state index in [4.69, 9.17) is 23.7 Å². The minimum absolute atomic E-state index is 0.195. The van der Waals surface area contributed by atoms with Gasteiger partial charge >= 0.3 is 107 Å². The topological polar surface area (TPSA) is 576 Å². The fraction of sp³-hybridized carbons (Fsp3) is 0.429. The summed E-state index contributed by atoms with van der Waals surface area (Å²) >= 11 is 0. The van der Waals surface area contributed by atoms with E-state index >= 15 is 24.0 Å². The zero-order valence-electron chi connectivity index (χ0n) is 52.8. The molecule has 0 radical (unpaired) electrons. The number of ether oxygens (including phenoxy) is 5. The van der Waals surface area contributed by atoms with Crippen molar-refractivity contribution in [2.45, 2.75) is 138 Å². The van der Waals surface area contributed by atoms with Crippen molar-refractivity contribution in [2.24, 2.45) is 17.8 Å². The molecule has 0 saturated heterocycles. The first-order chi connectivity index (χ1) is 45.5. The van der Waals surface area contributed by atoms with E-state index in [0.717, 1.165) is 0 Å². The third-order valence-electron chi connectivity index (χ3n) is 15.0. The summed E-state index contributed by atoms with van der Waals surface area (Å²) in [5.74, 6) is -50.5. The summed E-state index contributed by atoms with van der Waals surface area (Å²) in [6.07, 6.45) is 5.52. The van der Waals surface area contributed by atoms with Gasteiger partial charge in [0, 0.05) is 0 Å². The molecule has 3 rings (SSSR count). The van der Waals surface area contributed by atoms with Crippen molar-refractivity contribution in [1.82, 2.24) is 0 Å². The molecule has 97 heavy (non-hydrogen) atoms. The fourth-order valence-corrected chi connectivity index (χ4v) is 10.8. The van der Waals surface area contributed by atoms with Crippen LogP contribution in [0.15, 0.2) is 0 Å². The molecule has 0 saturated carbocycles. The lowest BCUT2D eigenvalue weighted by Gasteiger charge is -2.24. The van der Waals surface area contributed by atoms with E-state index in [0.29, 0.717) is 57.8 Å². The highest BCUT2D eigenvalue weighted by molar-refractivity contribution is 6.29. The van der Waals surface area contributed by atoms with Gasteiger partial charge in [0.05, 0.1) is 120 Å². The number of carbonyl (C=O) groups is 18. The second kappa shape index (κ2) is 35.7. The van der Waals surface area contributed by atoms with Crippen LogP contribution in [0.3, 0.4) is 0 Å². The van der Waals surface area contributed by atoms with Gasteiger partial charge in [-0.2, -0.15) is 0 Å². The third kappa shape index (κ3) is 18.5. The third-order valence-corrected chi connectivity index (χ3v) is 15.0. The van der Waals surface area contributed by atoms with Crippen LogP contribution in [-0.2, 0) is 23.7 Å². The van der Waals surface area contributed by atoms with Crippen molar-refractivity contribution in [3.8, 4) is 0 Å². The molecule has 0 amide bonds. The van der Waals surface area contributed by atoms with Gasteiger partial charge in [0.15, 0.2) is 0 Å². The lowest BCUT2D eigenvalue weighted by molar-refractivity contribution is 0.0323. The highest BCUT2D eigenvalue weighted by Gasteiger charge is 2.48. The van der Waals surface area contributed by atoms with Crippen molar-refractivity contribution in [3.05, 3.63) is 100 Å². The van der Waals surface area contributed by atoms with E-state index in [1.54, 1.807) is 41.5 Å².